The monoisotopic (exact) mass is 345 g/mol. The van der Waals surface area contributed by atoms with Crippen molar-refractivity contribution in [3.05, 3.63) is 72.1 Å². The zero-order valence-electron chi connectivity index (χ0n) is 14.8. The third kappa shape index (κ3) is 2.84. The van der Waals surface area contributed by atoms with Crippen LogP contribution in [0.25, 0.3) is 11.5 Å². The third-order valence-electron chi connectivity index (χ3n) is 5.95. The molecule has 0 saturated heterocycles. The topological polar surface area (TPSA) is 51.0 Å². The average molecular weight is 345 g/mol. The fourth-order valence-corrected chi connectivity index (χ4v) is 4.04. The molecule has 4 heteroatoms. The van der Waals surface area contributed by atoms with E-state index in [0.717, 1.165) is 30.8 Å². The van der Waals surface area contributed by atoms with E-state index in [4.69, 9.17) is 9.51 Å². The van der Waals surface area contributed by atoms with E-state index in [1.54, 1.807) is 0 Å². The van der Waals surface area contributed by atoms with Gasteiger partial charge in [-0.25, -0.2) is 0 Å². The van der Waals surface area contributed by atoms with Crippen molar-refractivity contribution < 1.29 is 4.52 Å². The SMILES string of the molecule is c1ccc(-c2nc(C3(CNC4C[C@@H]4c4ccccc4)CCC3)no2)cc1. The number of nitrogens with one attached hydrogen (secondary N) is 1. The maximum absolute atomic E-state index is 5.56. The normalized spacial score (nSPS) is 23.4. The van der Waals surface area contributed by atoms with Gasteiger partial charge in [-0.05, 0) is 37.0 Å². The van der Waals surface area contributed by atoms with Crippen molar-refractivity contribution in [3.63, 3.8) is 0 Å². The molecule has 2 fully saturated rings. The molecule has 2 atom stereocenters. The molecule has 1 heterocycles. The van der Waals surface area contributed by atoms with E-state index in [0.29, 0.717) is 17.9 Å². The number of benzene rings is 2. The predicted octanol–water partition coefficient (Wildman–Crippen LogP) is 4.30. The average Bonchev–Trinajstić information content (AvgIpc) is 3.28. The van der Waals surface area contributed by atoms with Crippen LogP contribution in [0.2, 0.25) is 0 Å². The second-order valence-corrected chi connectivity index (χ2v) is 7.66. The largest absolute Gasteiger partial charge is 0.334 e. The Morgan fingerprint density at radius 2 is 1.73 bits per heavy atom. The van der Waals surface area contributed by atoms with Gasteiger partial charge in [0.05, 0.1) is 0 Å². The van der Waals surface area contributed by atoms with Gasteiger partial charge in [-0.1, -0.05) is 60.1 Å². The Balaban J connectivity index is 1.27. The maximum atomic E-state index is 5.56. The van der Waals surface area contributed by atoms with Crippen LogP contribution < -0.4 is 5.32 Å². The van der Waals surface area contributed by atoms with E-state index >= 15 is 0 Å². The van der Waals surface area contributed by atoms with Gasteiger partial charge in [-0.2, -0.15) is 4.98 Å². The van der Waals surface area contributed by atoms with Gasteiger partial charge in [0.1, 0.15) is 0 Å². The van der Waals surface area contributed by atoms with Crippen molar-refractivity contribution in [3.8, 4) is 11.5 Å². The van der Waals surface area contributed by atoms with Crippen molar-refractivity contribution in [1.29, 1.82) is 0 Å². The lowest BCUT2D eigenvalue weighted by Gasteiger charge is -2.39. The van der Waals surface area contributed by atoms with Crippen LogP contribution >= 0.6 is 0 Å². The first-order valence-corrected chi connectivity index (χ1v) is 9.52. The molecule has 0 bridgehead atoms. The summed E-state index contributed by atoms with van der Waals surface area (Å²) < 4.78 is 5.56. The predicted molar refractivity (Wildman–Crippen MR) is 101 cm³/mol. The minimum atomic E-state index is 0.0420. The van der Waals surface area contributed by atoms with Crippen LogP contribution in [-0.4, -0.2) is 22.7 Å². The number of hydrogen-bond acceptors (Lipinski definition) is 4. The molecule has 2 aromatic carbocycles. The van der Waals surface area contributed by atoms with E-state index < -0.39 is 0 Å². The van der Waals surface area contributed by atoms with Crippen LogP contribution in [0.4, 0.5) is 0 Å². The highest BCUT2D eigenvalue weighted by molar-refractivity contribution is 5.52. The first-order valence-electron chi connectivity index (χ1n) is 9.52. The molecule has 2 saturated carbocycles. The fourth-order valence-electron chi connectivity index (χ4n) is 4.04. The highest BCUT2D eigenvalue weighted by atomic mass is 16.5. The molecule has 0 aliphatic heterocycles. The Bertz CT molecular complexity index is 871. The Morgan fingerprint density at radius 1 is 1.00 bits per heavy atom. The van der Waals surface area contributed by atoms with E-state index in [-0.39, 0.29) is 5.41 Å². The van der Waals surface area contributed by atoms with Crippen LogP contribution in [0.3, 0.4) is 0 Å². The van der Waals surface area contributed by atoms with Crippen molar-refractivity contribution in [1.82, 2.24) is 15.5 Å². The Morgan fingerprint density at radius 3 is 2.42 bits per heavy atom. The van der Waals surface area contributed by atoms with Gasteiger partial charge >= 0.3 is 0 Å². The lowest BCUT2D eigenvalue weighted by molar-refractivity contribution is 0.211. The molecule has 1 aromatic heterocycles. The van der Waals surface area contributed by atoms with Crippen molar-refractivity contribution in [2.75, 3.05) is 6.54 Å². The summed E-state index contributed by atoms with van der Waals surface area (Å²) in [6.45, 7) is 0.939. The summed E-state index contributed by atoms with van der Waals surface area (Å²) in [6, 6.07) is 21.4. The summed E-state index contributed by atoms with van der Waals surface area (Å²) in [7, 11) is 0. The molecule has 0 radical (unpaired) electrons. The highest BCUT2D eigenvalue weighted by Gasteiger charge is 2.46. The molecule has 26 heavy (non-hydrogen) atoms. The van der Waals surface area contributed by atoms with Gasteiger partial charge in [0.15, 0.2) is 5.82 Å². The summed E-state index contributed by atoms with van der Waals surface area (Å²) in [5.41, 5.74) is 2.47. The fraction of sp³-hybridized carbons (Fsp3) is 0.364. The van der Waals surface area contributed by atoms with Crippen molar-refractivity contribution >= 4 is 0 Å². The molecule has 0 spiro atoms. The first kappa shape index (κ1) is 15.8. The second-order valence-electron chi connectivity index (χ2n) is 7.66. The molecule has 3 aromatic rings. The standard InChI is InChI=1S/C22H23N3O/c1-3-8-16(9-4-1)18-14-19(18)23-15-22(12-7-13-22)21-24-20(26-25-21)17-10-5-2-6-11-17/h1-6,8-11,18-19,23H,7,12-15H2/t18-,19?/m1/s1. The van der Waals surface area contributed by atoms with Crippen LogP contribution in [-0.2, 0) is 5.41 Å². The molecule has 132 valence electrons. The molecule has 5 rings (SSSR count). The van der Waals surface area contributed by atoms with Crippen molar-refractivity contribution in [2.45, 2.75) is 43.1 Å². The smallest absolute Gasteiger partial charge is 0.257 e. The second kappa shape index (κ2) is 6.36. The summed E-state index contributed by atoms with van der Waals surface area (Å²) in [5, 5.41) is 8.11. The van der Waals surface area contributed by atoms with E-state index in [2.05, 4.69) is 40.8 Å². The van der Waals surface area contributed by atoms with E-state index in [9.17, 15) is 0 Å². The number of aromatic nitrogens is 2. The molecule has 2 aliphatic carbocycles. The molecule has 0 amide bonds. The summed E-state index contributed by atoms with van der Waals surface area (Å²) in [4.78, 5) is 4.73. The molecule has 2 aliphatic rings. The van der Waals surface area contributed by atoms with Crippen LogP contribution in [0.15, 0.2) is 65.2 Å². The number of rotatable bonds is 6. The van der Waals surface area contributed by atoms with Crippen LogP contribution in [0, 0.1) is 0 Å². The maximum Gasteiger partial charge on any atom is 0.257 e. The molecular weight excluding hydrogens is 322 g/mol. The number of nitrogens with zero attached hydrogens (tertiary/aromatic N) is 2. The quantitative estimate of drug-likeness (QED) is 0.723. The molecule has 1 N–H and O–H groups in total. The zero-order chi connectivity index (χ0) is 17.4. The summed E-state index contributed by atoms with van der Waals surface area (Å²) >= 11 is 0. The zero-order valence-corrected chi connectivity index (χ0v) is 14.8. The Labute approximate surface area is 153 Å². The van der Waals surface area contributed by atoms with Gasteiger partial charge in [-0.3, -0.25) is 0 Å². The highest BCUT2D eigenvalue weighted by Crippen LogP contribution is 2.45. The molecular formula is C22H23N3O. The minimum Gasteiger partial charge on any atom is -0.334 e. The van der Waals surface area contributed by atoms with Crippen LogP contribution in [0.1, 0.15) is 43.0 Å². The molecule has 1 unspecified atom stereocenters. The van der Waals surface area contributed by atoms with Gasteiger partial charge in [-0.15, -0.1) is 0 Å². The Hall–Kier alpha value is -2.46. The van der Waals surface area contributed by atoms with Crippen molar-refractivity contribution in [2.24, 2.45) is 0 Å². The first-order chi connectivity index (χ1) is 12.8. The Kier molecular flexibility index (Phi) is 3.86. The molecule has 4 nitrogen and oxygen atoms in total. The lowest BCUT2D eigenvalue weighted by Crippen LogP contribution is -2.45. The summed E-state index contributed by atoms with van der Waals surface area (Å²) in [6.07, 6.45) is 4.73. The van der Waals surface area contributed by atoms with Gasteiger partial charge in [0, 0.05) is 29.5 Å². The van der Waals surface area contributed by atoms with Gasteiger partial charge in [0.25, 0.3) is 5.89 Å². The van der Waals surface area contributed by atoms with Gasteiger partial charge in [0.2, 0.25) is 0 Å². The summed E-state index contributed by atoms with van der Waals surface area (Å²) in [5.74, 6) is 2.14. The van der Waals surface area contributed by atoms with Crippen LogP contribution in [0.5, 0.6) is 0 Å². The van der Waals surface area contributed by atoms with Gasteiger partial charge < -0.3 is 9.84 Å². The minimum absolute atomic E-state index is 0.0420. The number of hydrogen-bond donors (Lipinski definition) is 1. The third-order valence-corrected chi connectivity index (χ3v) is 5.95. The lowest BCUT2D eigenvalue weighted by atomic mass is 9.68. The van der Waals surface area contributed by atoms with E-state index in [1.807, 2.05) is 30.3 Å². The van der Waals surface area contributed by atoms with E-state index in [1.165, 1.54) is 18.4 Å².